The molecular formula is C26H25FO. The summed E-state index contributed by atoms with van der Waals surface area (Å²) in [6, 6.07) is 23.0. The third-order valence-electron chi connectivity index (χ3n) is 4.99. The van der Waals surface area contributed by atoms with Crippen LogP contribution in [0.4, 0.5) is 4.39 Å². The van der Waals surface area contributed by atoms with Crippen LogP contribution in [0.25, 0.3) is 5.57 Å². The molecule has 28 heavy (non-hydrogen) atoms. The predicted octanol–water partition coefficient (Wildman–Crippen LogP) is 6.80. The molecule has 142 valence electrons. The number of benzene rings is 3. The smallest absolute Gasteiger partial charge is 0.123 e. The van der Waals surface area contributed by atoms with E-state index < -0.39 is 0 Å². The Hall–Kier alpha value is -3.13. The molecule has 1 atom stereocenters. The molecule has 3 rings (SSSR count). The van der Waals surface area contributed by atoms with E-state index in [0.717, 1.165) is 46.4 Å². The Labute approximate surface area is 166 Å². The van der Waals surface area contributed by atoms with Crippen molar-refractivity contribution >= 4 is 5.57 Å². The summed E-state index contributed by atoms with van der Waals surface area (Å²) < 4.78 is 18.8. The number of hydrogen-bond acceptors (Lipinski definition) is 1. The van der Waals surface area contributed by atoms with E-state index in [-0.39, 0.29) is 11.7 Å². The molecule has 3 aromatic carbocycles. The summed E-state index contributed by atoms with van der Waals surface area (Å²) in [5.41, 5.74) is 5.42. The fourth-order valence-electron chi connectivity index (χ4n) is 3.50. The standard InChI is InChI=1S/C26H25FO/c1-4-8-22(17-20-11-13-23(27)14-12-20)26-18-24(28-3)15-16-25(26)19(2)21-9-6-5-7-10-21/h4-7,9-16,18,22H,1-2,8,17H2,3H3. The number of rotatable bonds is 8. The molecule has 0 aromatic heterocycles. The van der Waals surface area contributed by atoms with Crippen molar-refractivity contribution < 1.29 is 9.13 Å². The van der Waals surface area contributed by atoms with Crippen molar-refractivity contribution in [2.24, 2.45) is 0 Å². The van der Waals surface area contributed by atoms with Crippen molar-refractivity contribution in [2.75, 3.05) is 7.11 Å². The Morgan fingerprint density at radius 1 is 1.04 bits per heavy atom. The maximum atomic E-state index is 13.3. The first-order valence-electron chi connectivity index (χ1n) is 9.40. The van der Waals surface area contributed by atoms with Crippen LogP contribution in [-0.4, -0.2) is 7.11 Å². The average Bonchev–Trinajstić information content (AvgIpc) is 2.74. The molecule has 0 bridgehead atoms. The minimum Gasteiger partial charge on any atom is -0.497 e. The van der Waals surface area contributed by atoms with Gasteiger partial charge in [-0.15, -0.1) is 6.58 Å². The maximum Gasteiger partial charge on any atom is 0.123 e. The van der Waals surface area contributed by atoms with E-state index in [2.05, 4.69) is 37.4 Å². The van der Waals surface area contributed by atoms with Gasteiger partial charge in [0.25, 0.3) is 0 Å². The molecule has 0 heterocycles. The topological polar surface area (TPSA) is 9.23 Å². The van der Waals surface area contributed by atoms with E-state index in [9.17, 15) is 4.39 Å². The summed E-state index contributed by atoms with van der Waals surface area (Å²) in [5.74, 6) is 0.782. The zero-order valence-corrected chi connectivity index (χ0v) is 16.2. The second-order valence-electron chi connectivity index (χ2n) is 6.85. The van der Waals surface area contributed by atoms with Gasteiger partial charge in [0, 0.05) is 0 Å². The van der Waals surface area contributed by atoms with Gasteiger partial charge in [-0.2, -0.15) is 0 Å². The van der Waals surface area contributed by atoms with Gasteiger partial charge in [0.05, 0.1) is 7.11 Å². The Bertz CT molecular complexity index is 942. The van der Waals surface area contributed by atoms with E-state index in [4.69, 9.17) is 4.74 Å². The van der Waals surface area contributed by atoms with Gasteiger partial charge in [-0.3, -0.25) is 0 Å². The third-order valence-corrected chi connectivity index (χ3v) is 4.99. The van der Waals surface area contributed by atoms with Gasteiger partial charge < -0.3 is 4.74 Å². The van der Waals surface area contributed by atoms with Crippen LogP contribution in [0.3, 0.4) is 0 Å². The van der Waals surface area contributed by atoms with Gasteiger partial charge in [0.2, 0.25) is 0 Å². The molecule has 0 N–H and O–H groups in total. The van der Waals surface area contributed by atoms with Crippen LogP contribution in [0.5, 0.6) is 5.75 Å². The van der Waals surface area contributed by atoms with Crippen molar-refractivity contribution in [3.8, 4) is 5.75 Å². The number of allylic oxidation sites excluding steroid dienone is 1. The highest BCUT2D eigenvalue weighted by atomic mass is 19.1. The van der Waals surface area contributed by atoms with Gasteiger partial charge in [0.1, 0.15) is 11.6 Å². The number of hydrogen-bond donors (Lipinski definition) is 0. The first-order chi connectivity index (χ1) is 13.6. The number of halogens is 1. The lowest BCUT2D eigenvalue weighted by atomic mass is 9.83. The lowest BCUT2D eigenvalue weighted by Crippen LogP contribution is -2.07. The van der Waals surface area contributed by atoms with Gasteiger partial charge in [0.15, 0.2) is 0 Å². The Morgan fingerprint density at radius 2 is 1.75 bits per heavy atom. The molecule has 0 amide bonds. The highest BCUT2D eigenvalue weighted by molar-refractivity contribution is 5.80. The van der Waals surface area contributed by atoms with Crippen LogP contribution in [0.1, 0.15) is 34.6 Å². The normalized spacial score (nSPS) is 11.6. The first kappa shape index (κ1) is 19.6. The molecule has 0 aliphatic heterocycles. The van der Waals surface area contributed by atoms with E-state index in [1.165, 1.54) is 12.1 Å². The van der Waals surface area contributed by atoms with Crippen molar-refractivity contribution in [3.05, 3.63) is 120 Å². The first-order valence-corrected chi connectivity index (χ1v) is 9.40. The Balaban J connectivity index is 2.03. The fraction of sp³-hybridized carbons (Fsp3) is 0.154. The minimum atomic E-state index is -0.219. The molecular weight excluding hydrogens is 347 g/mol. The molecule has 1 nitrogen and oxygen atoms in total. The largest absolute Gasteiger partial charge is 0.497 e. The highest BCUT2D eigenvalue weighted by Crippen LogP contribution is 2.35. The second kappa shape index (κ2) is 9.18. The zero-order valence-electron chi connectivity index (χ0n) is 16.2. The number of methoxy groups -OCH3 is 1. The Morgan fingerprint density at radius 3 is 2.39 bits per heavy atom. The summed E-state index contributed by atoms with van der Waals surface area (Å²) in [5, 5.41) is 0. The lowest BCUT2D eigenvalue weighted by Gasteiger charge is -2.22. The molecule has 0 spiro atoms. The summed E-state index contributed by atoms with van der Waals surface area (Å²) in [4.78, 5) is 0. The van der Waals surface area contributed by atoms with Crippen LogP contribution in [0.2, 0.25) is 0 Å². The van der Waals surface area contributed by atoms with E-state index >= 15 is 0 Å². The fourth-order valence-corrected chi connectivity index (χ4v) is 3.50. The third kappa shape index (κ3) is 4.58. The van der Waals surface area contributed by atoms with Crippen molar-refractivity contribution in [1.29, 1.82) is 0 Å². The van der Waals surface area contributed by atoms with Crippen LogP contribution in [0, 0.1) is 5.82 Å². The van der Waals surface area contributed by atoms with E-state index in [1.807, 2.05) is 42.5 Å². The lowest BCUT2D eigenvalue weighted by molar-refractivity contribution is 0.413. The maximum absolute atomic E-state index is 13.3. The molecule has 0 aliphatic carbocycles. The second-order valence-corrected chi connectivity index (χ2v) is 6.85. The summed E-state index contributed by atoms with van der Waals surface area (Å²) in [6.07, 6.45) is 3.52. The van der Waals surface area contributed by atoms with Gasteiger partial charge in [-0.25, -0.2) is 4.39 Å². The molecule has 0 radical (unpaired) electrons. The van der Waals surface area contributed by atoms with Gasteiger partial charge in [-0.1, -0.05) is 61.2 Å². The zero-order chi connectivity index (χ0) is 19.9. The quantitative estimate of drug-likeness (QED) is 0.395. The van der Waals surface area contributed by atoms with Crippen LogP contribution in [0.15, 0.2) is 92.0 Å². The molecule has 1 unspecified atom stereocenters. The summed E-state index contributed by atoms with van der Waals surface area (Å²) in [7, 11) is 1.67. The van der Waals surface area contributed by atoms with Crippen LogP contribution in [-0.2, 0) is 6.42 Å². The van der Waals surface area contributed by atoms with Crippen LogP contribution < -0.4 is 4.74 Å². The SMILES string of the molecule is C=CCC(Cc1ccc(F)cc1)c1cc(OC)ccc1C(=C)c1ccccc1. The Kier molecular flexibility index (Phi) is 6.44. The van der Waals surface area contributed by atoms with Gasteiger partial charge in [-0.05, 0) is 70.9 Å². The average molecular weight is 372 g/mol. The van der Waals surface area contributed by atoms with E-state index in [0.29, 0.717) is 0 Å². The molecule has 0 fully saturated rings. The minimum absolute atomic E-state index is 0.188. The highest BCUT2D eigenvalue weighted by Gasteiger charge is 2.18. The summed E-state index contributed by atoms with van der Waals surface area (Å²) in [6.45, 7) is 8.30. The monoisotopic (exact) mass is 372 g/mol. The van der Waals surface area contributed by atoms with Crippen molar-refractivity contribution in [3.63, 3.8) is 0 Å². The van der Waals surface area contributed by atoms with E-state index in [1.54, 1.807) is 7.11 Å². The molecule has 3 aromatic rings. The van der Waals surface area contributed by atoms with Crippen LogP contribution >= 0.6 is 0 Å². The number of ether oxygens (including phenoxy) is 1. The summed E-state index contributed by atoms with van der Waals surface area (Å²) >= 11 is 0. The van der Waals surface area contributed by atoms with Crippen molar-refractivity contribution in [2.45, 2.75) is 18.8 Å². The molecule has 0 aliphatic rings. The van der Waals surface area contributed by atoms with Gasteiger partial charge >= 0.3 is 0 Å². The van der Waals surface area contributed by atoms with Crippen molar-refractivity contribution in [1.82, 2.24) is 0 Å². The molecule has 2 heteroatoms. The predicted molar refractivity (Wildman–Crippen MR) is 115 cm³/mol. The molecule has 0 saturated heterocycles. The molecule has 0 saturated carbocycles.